The Hall–Kier alpha value is -2.03. The average molecular weight is 628 g/mol. The van der Waals surface area contributed by atoms with Gasteiger partial charge in [0.2, 0.25) is 0 Å². The summed E-state index contributed by atoms with van der Waals surface area (Å²) in [5, 5.41) is 0. The second kappa shape index (κ2) is 26.4. The molecule has 0 rings (SSSR count). The molecule has 0 spiro atoms. The van der Waals surface area contributed by atoms with Gasteiger partial charge in [0.15, 0.2) is 6.10 Å². The zero-order chi connectivity index (χ0) is 32.2. The Kier molecular flexibility index (Phi) is 25.1. The van der Waals surface area contributed by atoms with Crippen molar-refractivity contribution in [2.75, 3.05) is 47.5 Å². The molecule has 0 radical (unpaired) electrons. The van der Waals surface area contributed by atoms with Crippen molar-refractivity contribution in [2.24, 2.45) is 0 Å². The van der Waals surface area contributed by atoms with Crippen molar-refractivity contribution in [3.05, 3.63) is 48.6 Å². The molecule has 0 saturated heterocycles. The lowest BCUT2D eigenvalue weighted by atomic mass is 10.1. The molecule has 248 valence electrons. The van der Waals surface area contributed by atoms with Crippen molar-refractivity contribution in [1.82, 2.24) is 0 Å². The van der Waals surface area contributed by atoms with Crippen LogP contribution in [0.5, 0.6) is 0 Å². The van der Waals surface area contributed by atoms with Crippen LogP contribution in [0.2, 0.25) is 0 Å². The van der Waals surface area contributed by atoms with Crippen molar-refractivity contribution in [2.45, 2.75) is 103 Å². The molecule has 0 saturated carbocycles. The minimum atomic E-state index is -4.62. The number of esters is 2. The number of carbonyl (C=O) groups is 2. The van der Waals surface area contributed by atoms with Crippen molar-refractivity contribution < 1.29 is 42.1 Å². The maximum absolute atomic E-state index is 12.4. The number of likely N-dealkylation sites (N-methyl/N-ethyl adjacent to an activating group) is 1. The van der Waals surface area contributed by atoms with Gasteiger partial charge in [0, 0.05) is 12.8 Å². The number of hydrogen-bond donors (Lipinski definition) is 0. The maximum atomic E-state index is 12.4. The predicted molar refractivity (Wildman–Crippen MR) is 171 cm³/mol. The van der Waals surface area contributed by atoms with Gasteiger partial charge < -0.3 is 27.9 Å². The molecule has 0 amide bonds. The van der Waals surface area contributed by atoms with Gasteiger partial charge in [-0.05, 0) is 38.5 Å². The molecule has 0 aliphatic heterocycles. The molecule has 0 fully saturated rings. The summed E-state index contributed by atoms with van der Waals surface area (Å²) in [5.41, 5.74) is 0. The molecule has 43 heavy (non-hydrogen) atoms. The van der Waals surface area contributed by atoms with E-state index in [0.717, 1.165) is 51.4 Å². The Balaban J connectivity index is 4.66. The zero-order valence-electron chi connectivity index (χ0n) is 27.4. The molecular formula is C33H58NO8P. The topological polar surface area (TPSA) is 111 Å². The van der Waals surface area contributed by atoms with Crippen LogP contribution in [-0.2, 0) is 32.7 Å². The number of phosphoric ester groups is 1. The Morgan fingerprint density at radius 3 is 1.93 bits per heavy atom. The minimum Gasteiger partial charge on any atom is -0.756 e. The van der Waals surface area contributed by atoms with E-state index in [1.807, 2.05) is 33.3 Å². The molecule has 0 aromatic rings. The summed E-state index contributed by atoms with van der Waals surface area (Å²) in [6, 6.07) is 0. The third kappa shape index (κ3) is 29.8. The lowest BCUT2D eigenvalue weighted by Gasteiger charge is -2.28. The van der Waals surface area contributed by atoms with Crippen LogP contribution in [0.25, 0.3) is 0 Å². The molecule has 10 heteroatoms. The second-order valence-electron chi connectivity index (χ2n) is 11.4. The normalized spacial score (nSPS) is 14.7. The van der Waals surface area contributed by atoms with Crippen LogP contribution in [0.1, 0.15) is 97.3 Å². The van der Waals surface area contributed by atoms with Crippen molar-refractivity contribution >= 4 is 19.8 Å². The van der Waals surface area contributed by atoms with Crippen molar-refractivity contribution in [1.29, 1.82) is 0 Å². The van der Waals surface area contributed by atoms with Crippen LogP contribution in [0, 0.1) is 0 Å². The van der Waals surface area contributed by atoms with Gasteiger partial charge >= 0.3 is 11.9 Å². The molecule has 0 aromatic heterocycles. The fraction of sp³-hybridized carbons (Fsp3) is 0.697. The van der Waals surface area contributed by atoms with Crippen LogP contribution in [0.3, 0.4) is 0 Å². The van der Waals surface area contributed by atoms with Crippen LogP contribution in [0.15, 0.2) is 48.6 Å². The first-order chi connectivity index (χ1) is 20.5. The largest absolute Gasteiger partial charge is 0.756 e. The quantitative estimate of drug-likeness (QED) is 0.0315. The van der Waals surface area contributed by atoms with Crippen LogP contribution in [0.4, 0.5) is 0 Å². The van der Waals surface area contributed by atoms with E-state index in [9.17, 15) is 19.0 Å². The van der Waals surface area contributed by atoms with Crippen LogP contribution < -0.4 is 4.89 Å². The molecule has 0 aromatic carbocycles. The summed E-state index contributed by atoms with van der Waals surface area (Å²) in [5.74, 6) is -0.949. The zero-order valence-corrected chi connectivity index (χ0v) is 28.3. The van der Waals surface area contributed by atoms with Gasteiger partial charge in [-0.3, -0.25) is 14.2 Å². The number of unbranched alkanes of at least 4 members (excludes halogenated alkanes) is 5. The number of ether oxygens (including phenoxy) is 2. The smallest absolute Gasteiger partial charge is 0.306 e. The number of hydrogen-bond acceptors (Lipinski definition) is 8. The number of rotatable bonds is 27. The van der Waals surface area contributed by atoms with E-state index in [1.165, 1.54) is 6.42 Å². The first-order valence-corrected chi connectivity index (χ1v) is 17.3. The molecule has 0 aliphatic rings. The van der Waals surface area contributed by atoms with E-state index in [1.54, 1.807) is 0 Å². The predicted octanol–water partition coefficient (Wildman–Crippen LogP) is 6.99. The fourth-order valence-electron chi connectivity index (χ4n) is 3.61. The number of carbonyl (C=O) groups excluding carboxylic acids is 2. The Bertz CT molecular complexity index is 892. The van der Waals surface area contributed by atoms with E-state index >= 15 is 0 Å². The second-order valence-corrected chi connectivity index (χ2v) is 12.9. The first kappa shape index (κ1) is 41.0. The highest BCUT2D eigenvalue weighted by atomic mass is 31.2. The first-order valence-electron chi connectivity index (χ1n) is 15.8. The molecule has 2 atom stereocenters. The van der Waals surface area contributed by atoms with Gasteiger partial charge in [0.1, 0.15) is 19.8 Å². The summed E-state index contributed by atoms with van der Waals surface area (Å²) in [6.45, 7) is 3.90. The fourth-order valence-corrected chi connectivity index (χ4v) is 4.33. The summed E-state index contributed by atoms with van der Waals surface area (Å²) in [7, 11) is 1.11. The highest BCUT2D eigenvalue weighted by Gasteiger charge is 2.21. The van der Waals surface area contributed by atoms with Gasteiger partial charge in [-0.1, -0.05) is 94.6 Å². The highest BCUT2D eigenvalue weighted by molar-refractivity contribution is 7.45. The highest BCUT2D eigenvalue weighted by Crippen LogP contribution is 2.38. The van der Waals surface area contributed by atoms with Gasteiger partial charge in [-0.25, -0.2) is 0 Å². The third-order valence-electron chi connectivity index (χ3n) is 6.13. The lowest BCUT2D eigenvalue weighted by Crippen LogP contribution is -2.37. The molecule has 0 bridgehead atoms. The standard InChI is InChI=1S/C33H58NO8P/c1-6-8-10-12-14-15-16-17-18-19-20-22-24-26-33(36)42-31(29-39-32(35)25-23-21-13-11-9-7-2)30-41-43(37,38)40-28-27-34(3,4)5/h8,10,14-15,17-18,20,22,31H,6-7,9,11-13,16,19,21,23-30H2,1-5H3/b10-8-,15-14-,18-17-,22-20-. The molecule has 0 N–H and O–H groups in total. The Morgan fingerprint density at radius 2 is 1.33 bits per heavy atom. The molecule has 2 unspecified atom stereocenters. The van der Waals surface area contributed by atoms with E-state index < -0.39 is 32.5 Å². The van der Waals surface area contributed by atoms with E-state index in [-0.39, 0.29) is 26.1 Å². The third-order valence-corrected chi connectivity index (χ3v) is 7.09. The minimum absolute atomic E-state index is 0.0448. The average Bonchev–Trinajstić information content (AvgIpc) is 2.93. The number of quaternary nitrogens is 1. The molecule has 9 nitrogen and oxygen atoms in total. The number of phosphoric acid groups is 1. The molecular weight excluding hydrogens is 569 g/mol. The maximum Gasteiger partial charge on any atom is 0.306 e. The van der Waals surface area contributed by atoms with E-state index in [2.05, 4.69) is 50.3 Å². The van der Waals surface area contributed by atoms with Crippen LogP contribution in [-0.4, -0.2) is 70.0 Å². The Morgan fingerprint density at radius 1 is 0.744 bits per heavy atom. The molecule has 0 heterocycles. The van der Waals surface area contributed by atoms with Gasteiger partial charge in [0.25, 0.3) is 7.82 Å². The van der Waals surface area contributed by atoms with E-state index in [0.29, 0.717) is 23.9 Å². The summed E-state index contributed by atoms with van der Waals surface area (Å²) in [6.07, 6.45) is 26.2. The van der Waals surface area contributed by atoms with Gasteiger partial charge in [-0.15, -0.1) is 0 Å². The molecule has 0 aliphatic carbocycles. The monoisotopic (exact) mass is 627 g/mol. The lowest BCUT2D eigenvalue weighted by molar-refractivity contribution is -0.870. The van der Waals surface area contributed by atoms with Crippen molar-refractivity contribution in [3.63, 3.8) is 0 Å². The summed E-state index contributed by atoms with van der Waals surface area (Å²) >= 11 is 0. The van der Waals surface area contributed by atoms with Crippen molar-refractivity contribution in [3.8, 4) is 0 Å². The summed E-state index contributed by atoms with van der Waals surface area (Å²) in [4.78, 5) is 36.9. The number of nitrogens with zero attached hydrogens (tertiary/aromatic N) is 1. The number of allylic oxidation sites excluding steroid dienone is 8. The summed E-state index contributed by atoms with van der Waals surface area (Å²) < 4.78 is 33.3. The van der Waals surface area contributed by atoms with Crippen LogP contribution >= 0.6 is 7.82 Å². The SMILES string of the molecule is CC/C=C\C/C=C\C/C=C\C/C=C\CCC(=O)OC(COC(=O)CCCCCCCC)COP(=O)([O-])OCC[N+](C)(C)C. The van der Waals surface area contributed by atoms with Gasteiger partial charge in [-0.2, -0.15) is 0 Å². The Labute approximate surface area is 261 Å². The van der Waals surface area contributed by atoms with Gasteiger partial charge in [0.05, 0.1) is 27.7 Å². The van der Waals surface area contributed by atoms with E-state index in [4.69, 9.17) is 18.5 Å².